The quantitative estimate of drug-likeness (QED) is 0.927. The van der Waals surface area contributed by atoms with Crippen molar-refractivity contribution in [3.8, 4) is 0 Å². The molecule has 1 aliphatic heterocycles. The molecule has 1 aliphatic rings. The fourth-order valence-corrected chi connectivity index (χ4v) is 3.03. The Morgan fingerprint density at radius 2 is 2.30 bits per heavy atom. The predicted octanol–water partition coefficient (Wildman–Crippen LogP) is 3.57. The molecule has 0 radical (unpaired) electrons. The van der Waals surface area contributed by atoms with Gasteiger partial charge in [0.1, 0.15) is 5.82 Å². The molecule has 4 nitrogen and oxygen atoms in total. The molecule has 0 spiro atoms. The van der Waals surface area contributed by atoms with Crippen LogP contribution in [-0.4, -0.2) is 35.4 Å². The lowest BCUT2D eigenvalue weighted by Gasteiger charge is -2.29. The molecule has 5 heteroatoms. The molecule has 1 saturated heterocycles. The van der Waals surface area contributed by atoms with Gasteiger partial charge >= 0.3 is 0 Å². The van der Waals surface area contributed by atoms with Gasteiger partial charge in [0, 0.05) is 25.8 Å². The van der Waals surface area contributed by atoms with Gasteiger partial charge in [-0.25, -0.2) is 4.98 Å². The standard InChI is InChI=1S/C15H22ClN3O/c1-3-12-7-5-4-6-8-19(12)15(20)11-9-13(16)14(17-2)18-10-11/h9-10,12H,3-8H2,1-2H3,(H,17,18). The van der Waals surface area contributed by atoms with Crippen molar-refractivity contribution in [3.63, 3.8) is 0 Å². The minimum Gasteiger partial charge on any atom is -0.372 e. The first-order valence-corrected chi connectivity index (χ1v) is 7.69. The number of likely N-dealkylation sites (tertiary alicyclic amines) is 1. The minimum absolute atomic E-state index is 0.0517. The highest BCUT2D eigenvalue weighted by molar-refractivity contribution is 6.33. The fourth-order valence-electron chi connectivity index (χ4n) is 2.77. The number of nitrogens with one attached hydrogen (secondary N) is 1. The number of anilines is 1. The van der Waals surface area contributed by atoms with Crippen LogP contribution in [0.25, 0.3) is 0 Å². The number of halogens is 1. The summed E-state index contributed by atoms with van der Waals surface area (Å²) in [6, 6.07) is 2.05. The Bertz CT molecular complexity index is 478. The molecule has 0 aromatic carbocycles. The van der Waals surface area contributed by atoms with Crippen LogP contribution < -0.4 is 5.32 Å². The van der Waals surface area contributed by atoms with Gasteiger partial charge in [0.25, 0.3) is 5.91 Å². The summed E-state index contributed by atoms with van der Waals surface area (Å²) < 4.78 is 0. The molecule has 1 fully saturated rings. The number of pyridine rings is 1. The number of amides is 1. The minimum atomic E-state index is 0.0517. The average molecular weight is 296 g/mol. The second-order valence-corrected chi connectivity index (χ2v) is 5.62. The van der Waals surface area contributed by atoms with E-state index in [1.807, 2.05) is 4.90 Å². The number of hydrogen-bond donors (Lipinski definition) is 1. The largest absolute Gasteiger partial charge is 0.372 e. The molecule has 1 atom stereocenters. The summed E-state index contributed by atoms with van der Waals surface area (Å²) >= 11 is 6.12. The Morgan fingerprint density at radius 3 is 2.95 bits per heavy atom. The molecule has 0 bridgehead atoms. The summed E-state index contributed by atoms with van der Waals surface area (Å²) in [5, 5.41) is 3.39. The molecule has 2 heterocycles. The Kier molecular flexibility index (Phi) is 5.24. The fraction of sp³-hybridized carbons (Fsp3) is 0.600. The molecule has 1 unspecified atom stereocenters. The molecule has 2 rings (SSSR count). The van der Waals surface area contributed by atoms with Gasteiger partial charge in [-0.3, -0.25) is 4.79 Å². The van der Waals surface area contributed by atoms with Crippen molar-refractivity contribution < 1.29 is 4.79 Å². The smallest absolute Gasteiger partial charge is 0.255 e. The number of carbonyl (C=O) groups excluding carboxylic acids is 1. The van der Waals surface area contributed by atoms with Crippen LogP contribution >= 0.6 is 11.6 Å². The van der Waals surface area contributed by atoms with Crippen molar-refractivity contribution >= 4 is 23.3 Å². The molecule has 0 saturated carbocycles. The third kappa shape index (κ3) is 3.23. The van der Waals surface area contributed by atoms with E-state index in [2.05, 4.69) is 17.2 Å². The highest BCUT2D eigenvalue weighted by atomic mass is 35.5. The first-order chi connectivity index (χ1) is 9.67. The van der Waals surface area contributed by atoms with Crippen LogP contribution in [0.3, 0.4) is 0 Å². The second-order valence-electron chi connectivity index (χ2n) is 5.21. The summed E-state index contributed by atoms with van der Waals surface area (Å²) in [4.78, 5) is 18.9. The summed E-state index contributed by atoms with van der Waals surface area (Å²) in [5.74, 6) is 0.655. The van der Waals surface area contributed by atoms with Crippen LogP contribution in [0.5, 0.6) is 0 Å². The van der Waals surface area contributed by atoms with E-state index in [1.54, 1.807) is 19.3 Å². The topological polar surface area (TPSA) is 45.2 Å². The van der Waals surface area contributed by atoms with E-state index in [0.717, 1.165) is 25.8 Å². The Balaban J connectivity index is 2.22. The van der Waals surface area contributed by atoms with Crippen molar-refractivity contribution in [2.45, 2.75) is 45.1 Å². The molecular weight excluding hydrogens is 274 g/mol. The summed E-state index contributed by atoms with van der Waals surface area (Å²) in [7, 11) is 1.76. The van der Waals surface area contributed by atoms with Crippen LogP contribution in [0.4, 0.5) is 5.82 Å². The van der Waals surface area contributed by atoms with E-state index in [4.69, 9.17) is 11.6 Å². The van der Waals surface area contributed by atoms with Crippen molar-refractivity contribution in [3.05, 3.63) is 22.8 Å². The van der Waals surface area contributed by atoms with Crippen LogP contribution in [0.15, 0.2) is 12.3 Å². The van der Waals surface area contributed by atoms with Gasteiger partial charge < -0.3 is 10.2 Å². The zero-order valence-corrected chi connectivity index (χ0v) is 12.9. The Labute approximate surface area is 125 Å². The van der Waals surface area contributed by atoms with Crippen molar-refractivity contribution in [2.75, 3.05) is 18.9 Å². The van der Waals surface area contributed by atoms with E-state index in [0.29, 0.717) is 22.4 Å². The van der Waals surface area contributed by atoms with E-state index in [-0.39, 0.29) is 5.91 Å². The van der Waals surface area contributed by atoms with Gasteiger partial charge in [-0.2, -0.15) is 0 Å². The third-order valence-corrected chi connectivity index (χ3v) is 4.22. The number of aromatic nitrogens is 1. The first-order valence-electron chi connectivity index (χ1n) is 7.31. The maximum Gasteiger partial charge on any atom is 0.255 e. The predicted molar refractivity (Wildman–Crippen MR) is 82.4 cm³/mol. The van der Waals surface area contributed by atoms with Crippen LogP contribution in [0, 0.1) is 0 Å². The maximum absolute atomic E-state index is 12.7. The SMILES string of the molecule is CCC1CCCCCN1C(=O)c1cnc(NC)c(Cl)c1. The molecule has 0 aliphatic carbocycles. The van der Waals surface area contributed by atoms with Gasteiger partial charge in [-0.05, 0) is 25.3 Å². The summed E-state index contributed by atoms with van der Waals surface area (Å²) in [6.45, 7) is 2.98. The normalized spacial score (nSPS) is 19.6. The third-order valence-electron chi connectivity index (χ3n) is 3.93. The van der Waals surface area contributed by atoms with Gasteiger partial charge in [0.05, 0.1) is 10.6 Å². The van der Waals surface area contributed by atoms with E-state index < -0.39 is 0 Å². The zero-order chi connectivity index (χ0) is 14.5. The van der Waals surface area contributed by atoms with Crippen molar-refractivity contribution in [2.24, 2.45) is 0 Å². The van der Waals surface area contributed by atoms with Crippen molar-refractivity contribution in [1.29, 1.82) is 0 Å². The molecule has 1 aromatic heterocycles. The monoisotopic (exact) mass is 295 g/mol. The summed E-state index contributed by atoms with van der Waals surface area (Å²) in [5.41, 5.74) is 0.578. The lowest BCUT2D eigenvalue weighted by molar-refractivity contribution is 0.0678. The van der Waals surface area contributed by atoms with E-state index in [9.17, 15) is 4.79 Å². The number of rotatable bonds is 3. The maximum atomic E-state index is 12.7. The van der Waals surface area contributed by atoms with Crippen LogP contribution in [-0.2, 0) is 0 Å². The van der Waals surface area contributed by atoms with Crippen LogP contribution in [0.1, 0.15) is 49.4 Å². The van der Waals surface area contributed by atoms with Gasteiger partial charge in [-0.1, -0.05) is 31.4 Å². The molecule has 20 heavy (non-hydrogen) atoms. The van der Waals surface area contributed by atoms with Gasteiger partial charge in [-0.15, -0.1) is 0 Å². The Morgan fingerprint density at radius 1 is 1.50 bits per heavy atom. The van der Waals surface area contributed by atoms with Gasteiger partial charge in [0.15, 0.2) is 0 Å². The molecule has 1 N–H and O–H groups in total. The van der Waals surface area contributed by atoms with Crippen molar-refractivity contribution in [1.82, 2.24) is 9.88 Å². The molecule has 1 aromatic rings. The number of nitrogens with zero attached hydrogens (tertiary/aromatic N) is 2. The number of carbonyl (C=O) groups is 1. The van der Waals surface area contributed by atoms with E-state index >= 15 is 0 Å². The molecule has 110 valence electrons. The zero-order valence-electron chi connectivity index (χ0n) is 12.2. The Hall–Kier alpha value is -1.29. The molecule has 1 amide bonds. The number of hydrogen-bond acceptors (Lipinski definition) is 3. The molecular formula is C15H22ClN3O. The van der Waals surface area contributed by atoms with E-state index in [1.165, 1.54) is 12.8 Å². The average Bonchev–Trinajstić information content (AvgIpc) is 2.71. The second kappa shape index (κ2) is 6.93. The first kappa shape index (κ1) is 15.1. The highest BCUT2D eigenvalue weighted by Gasteiger charge is 2.25. The highest BCUT2D eigenvalue weighted by Crippen LogP contribution is 2.24. The summed E-state index contributed by atoms with van der Waals surface area (Å²) in [6.07, 6.45) is 7.20. The lowest BCUT2D eigenvalue weighted by atomic mass is 10.1. The van der Waals surface area contributed by atoms with Crippen LogP contribution in [0.2, 0.25) is 5.02 Å². The van der Waals surface area contributed by atoms with Gasteiger partial charge in [0.2, 0.25) is 0 Å². The lowest BCUT2D eigenvalue weighted by Crippen LogP contribution is -2.39.